The fraction of sp³-hybridized carbons (Fsp3) is 0.350. The molecule has 1 aliphatic heterocycles. The summed E-state index contributed by atoms with van der Waals surface area (Å²) in [5.41, 5.74) is 1.18. The normalized spacial score (nSPS) is 15.1. The molecule has 1 aliphatic rings. The molecule has 1 saturated heterocycles. The van der Waals surface area contributed by atoms with Gasteiger partial charge < -0.3 is 10.1 Å². The summed E-state index contributed by atoms with van der Waals surface area (Å²) in [6.07, 6.45) is 2.76. The number of sulfonamides is 1. The van der Waals surface area contributed by atoms with Crippen molar-refractivity contribution in [3.63, 3.8) is 0 Å². The van der Waals surface area contributed by atoms with Crippen molar-refractivity contribution in [2.45, 2.75) is 31.1 Å². The summed E-state index contributed by atoms with van der Waals surface area (Å²) in [6, 6.07) is 9.46. The summed E-state index contributed by atoms with van der Waals surface area (Å²) in [7, 11) is -3.58. The van der Waals surface area contributed by atoms with Gasteiger partial charge in [0.15, 0.2) is 6.61 Å². The Morgan fingerprint density at radius 2 is 1.83 bits per heavy atom. The molecule has 1 fully saturated rings. The van der Waals surface area contributed by atoms with E-state index in [4.69, 9.17) is 27.9 Å². The molecule has 0 spiro atoms. The smallest absolute Gasteiger partial charge is 0.262 e. The third-order valence-corrected chi connectivity index (χ3v) is 7.11. The van der Waals surface area contributed by atoms with Crippen molar-refractivity contribution in [1.29, 1.82) is 0 Å². The molecule has 1 heterocycles. The highest BCUT2D eigenvalue weighted by molar-refractivity contribution is 7.89. The third kappa shape index (κ3) is 5.42. The molecule has 0 aliphatic carbocycles. The Labute approximate surface area is 180 Å². The van der Waals surface area contributed by atoms with Gasteiger partial charge in [-0.05, 0) is 55.7 Å². The Hall–Kier alpha value is -1.80. The number of aryl methyl sites for hydroxylation is 1. The Morgan fingerprint density at radius 3 is 2.52 bits per heavy atom. The van der Waals surface area contributed by atoms with Crippen LogP contribution in [-0.2, 0) is 14.8 Å². The van der Waals surface area contributed by atoms with Crippen LogP contribution in [0.15, 0.2) is 41.3 Å². The summed E-state index contributed by atoms with van der Waals surface area (Å²) in [6.45, 7) is 2.56. The van der Waals surface area contributed by atoms with Gasteiger partial charge >= 0.3 is 0 Å². The maximum atomic E-state index is 12.9. The molecule has 0 saturated carbocycles. The van der Waals surface area contributed by atoms with E-state index >= 15 is 0 Å². The average Bonchev–Trinajstić information content (AvgIpc) is 2.69. The number of hydrogen-bond acceptors (Lipinski definition) is 4. The van der Waals surface area contributed by atoms with Gasteiger partial charge in [-0.3, -0.25) is 4.79 Å². The standard InChI is InChI=1S/C20H22Cl2N2O4S/c1-14-5-7-16(29(26,27)24-9-3-2-4-10-24)12-18(14)23-20(25)13-28-19-8-6-15(21)11-17(19)22/h5-8,11-12H,2-4,9-10,13H2,1H3,(H,23,25). The largest absolute Gasteiger partial charge is 0.482 e. The van der Waals surface area contributed by atoms with Gasteiger partial charge in [0.25, 0.3) is 5.91 Å². The number of halogens is 2. The third-order valence-electron chi connectivity index (χ3n) is 4.69. The molecule has 1 N–H and O–H groups in total. The number of anilines is 1. The summed E-state index contributed by atoms with van der Waals surface area (Å²) >= 11 is 11.9. The van der Waals surface area contributed by atoms with E-state index in [0.29, 0.717) is 34.6 Å². The van der Waals surface area contributed by atoms with E-state index in [2.05, 4.69) is 5.32 Å². The van der Waals surface area contributed by atoms with E-state index in [1.54, 1.807) is 31.2 Å². The predicted octanol–water partition coefficient (Wildman–Crippen LogP) is 4.49. The number of hydrogen-bond donors (Lipinski definition) is 1. The maximum Gasteiger partial charge on any atom is 0.262 e. The van der Waals surface area contributed by atoms with Gasteiger partial charge in [-0.2, -0.15) is 4.31 Å². The minimum atomic E-state index is -3.58. The zero-order chi connectivity index (χ0) is 21.0. The van der Waals surface area contributed by atoms with Crippen molar-refractivity contribution in [2.75, 3.05) is 25.0 Å². The van der Waals surface area contributed by atoms with Crippen molar-refractivity contribution in [2.24, 2.45) is 0 Å². The summed E-state index contributed by atoms with van der Waals surface area (Å²) in [5, 5.41) is 3.48. The van der Waals surface area contributed by atoms with Gasteiger partial charge in [-0.25, -0.2) is 8.42 Å². The lowest BCUT2D eigenvalue weighted by Crippen LogP contribution is -2.35. The predicted molar refractivity (Wildman–Crippen MR) is 114 cm³/mol. The highest BCUT2D eigenvalue weighted by Crippen LogP contribution is 2.28. The molecule has 6 nitrogen and oxygen atoms in total. The van der Waals surface area contributed by atoms with E-state index in [0.717, 1.165) is 24.8 Å². The Morgan fingerprint density at radius 1 is 1.10 bits per heavy atom. The number of carbonyl (C=O) groups is 1. The number of rotatable bonds is 6. The number of nitrogens with zero attached hydrogens (tertiary/aromatic N) is 1. The van der Waals surface area contributed by atoms with Gasteiger partial charge in [0.1, 0.15) is 5.75 Å². The van der Waals surface area contributed by atoms with Gasteiger partial charge in [0, 0.05) is 23.8 Å². The molecule has 0 unspecified atom stereocenters. The SMILES string of the molecule is Cc1ccc(S(=O)(=O)N2CCCCC2)cc1NC(=O)COc1ccc(Cl)cc1Cl. The molecule has 3 rings (SSSR count). The van der Waals surface area contributed by atoms with Crippen LogP contribution < -0.4 is 10.1 Å². The molecule has 1 amide bonds. The fourth-order valence-electron chi connectivity index (χ4n) is 3.07. The molecule has 9 heteroatoms. The van der Waals surface area contributed by atoms with E-state index in [1.807, 2.05) is 0 Å². The number of amides is 1. The molecule has 0 bridgehead atoms. The maximum absolute atomic E-state index is 12.9. The van der Waals surface area contributed by atoms with Crippen LogP contribution in [0.2, 0.25) is 10.0 Å². The molecule has 0 atom stereocenters. The van der Waals surface area contributed by atoms with Crippen molar-refractivity contribution in [3.05, 3.63) is 52.0 Å². The van der Waals surface area contributed by atoms with Crippen LogP contribution in [0, 0.1) is 6.92 Å². The first-order chi connectivity index (χ1) is 13.8. The number of carbonyl (C=O) groups excluding carboxylic acids is 1. The van der Waals surface area contributed by atoms with E-state index in [-0.39, 0.29) is 11.5 Å². The first kappa shape index (κ1) is 21.9. The second-order valence-corrected chi connectivity index (χ2v) is 9.63. The highest BCUT2D eigenvalue weighted by Gasteiger charge is 2.26. The summed E-state index contributed by atoms with van der Waals surface area (Å²) in [4.78, 5) is 12.5. The fourth-order valence-corrected chi connectivity index (χ4v) is 5.08. The highest BCUT2D eigenvalue weighted by atomic mass is 35.5. The van der Waals surface area contributed by atoms with Crippen LogP contribution in [0.4, 0.5) is 5.69 Å². The van der Waals surface area contributed by atoms with Crippen LogP contribution in [0.5, 0.6) is 5.75 Å². The van der Waals surface area contributed by atoms with E-state index in [9.17, 15) is 13.2 Å². The van der Waals surface area contributed by atoms with Crippen LogP contribution in [0.1, 0.15) is 24.8 Å². The van der Waals surface area contributed by atoms with Crippen LogP contribution in [-0.4, -0.2) is 38.3 Å². The van der Waals surface area contributed by atoms with Crippen molar-refractivity contribution >= 4 is 44.8 Å². The average molecular weight is 457 g/mol. The lowest BCUT2D eigenvalue weighted by Gasteiger charge is -2.26. The minimum Gasteiger partial charge on any atom is -0.482 e. The molecule has 0 aromatic heterocycles. The van der Waals surface area contributed by atoms with E-state index in [1.165, 1.54) is 16.4 Å². The zero-order valence-corrected chi connectivity index (χ0v) is 18.3. The van der Waals surface area contributed by atoms with Gasteiger partial charge in [-0.1, -0.05) is 35.7 Å². The molecular formula is C20H22Cl2N2O4S. The molecule has 29 heavy (non-hydrogen) atoms. The van der Waals surface area contributed by atoms with Crippen molar-refractivity contribution < 1.29 is 17.9 Å². The number of nitrogens with one attached hydrogen (secondary N) is 1. The minimum absolute atomic E-state index is 0.168. The Balaban J connectivity index is 1.70. The van der Waals surface area contributed by atoms with Crippen molar-refractivity contribution in [1.82, 2.24) is 4.31 Å². The van der Waals surface area contributed by atoms with Crippen molar-refractivity contribution in [3.8, 4) is 5.75 Å². The molecule has 156 valence electrons. The van der Waals surface area contributed by atoms with Gasteiger partial charge in [0.05, 0.1) is 9.92 Å². The first-order valence-electron chi connectivity index (χ1n) is 9.26. The quantitative estimate of drug-likeness (QED) is 0.694. The molecule has 0 radical (unpaired) electrons. The van der Waals surface area contributed by atoms with Crippen LogP contribution in [0.25, 0.3) is 0 Å². The lowest BCUT2D eigenvalue weighted by atomic mass is 10.2. The van der Waals surface area contributed by atoms with Gasteiger partial charge in [0.2, 0.25) is 10.0 Å². The van der Waals surface area contributed by atoms with Crippen LogP contribution >= 0.6 is 23.2 Å². The zero-order valence-electron chi connectivity index (χ0n) is 16.0. The lowest BCUT2D eigenvalue weighted by molar-refractivity contribution is -0.118. The number of ether oxygens (including phenoxy) is 1. The topological polar surface area (TPSA) is 75.7 Å². The first-order valence-corrected chi connectivity index (χ1v) is 11.5. The second kappa shape index (κ2) is 9.34. The monoisotopic (exact) mass is 456 g/mol. The van der Waals surface area contributed by atoms with Crippen LogP contribution in [0.3, 0.4) is 0 Å². The molecular weight excluding hydrogens is 435 g/mol. The van der Waals surface area contributed by atoms with Gasteiger partial charge in [-0.15, -0.1) is 0 Å². The summed E-state index contributed by atoms with van der Waals surface area (Å²) in [5.74, 6) is -0.0870. The molecule has 2 aromatic carbocycles. The van der Waals surface area contributed by atoms with E-state index < -0.39 is 15.9 Å². The second-order valence-electron chi connectivity index (χ2n) is 6.85. The number of benzene rings is 2. The Kier molecular flexibility index (Phi) is 7.05. The Bertz CT molecular complexity index is 1010. The summed E-state index contributed by atoms with van der Waals surface area (Å²) < 4.78 is 32.7. The molecule has 2 aromatic rings. The number of piperidine rings is 1.